The molecule has 14 heavy (non-hydrogen) atoms. The smallest absolute Gasteiger partial charge is 0.0457 e. The van der Waals surface area contributed by atoms with Crippen molar-refractivity contribution in [3.8, 4) is 0 Å². The zero-order valence-corrected chi connectivity index (χ0v) is 8.03. The van der Waals surface area contributed by atoms with Crippen LogP contribution in [0.5, 0.6) is 0 Å². The Kier molecular flexibility index (Phi) is 1.64. The van der Waals surface area contributed by atoms with Gasteiger partial charge in [-0.05, 0) is 30.4 Å². The first-order chi connectivity index (χ1) is 6.86. The van der Waals surface area contributed by atoms with Crippen LogP contribution in [0.25, 0.3) is 10.9 Å². The summed E-state index contributed by atoms with van der Waals surface area (Å²) in [6.45, 7) is 0. The number of hydrogen-bond donors (Lipinski definition) is 2. The molecule has 1 aromatic carbocycles. The van der Waals surface area contributed by atoms with Gasteiger partial charge in [0.05, 0.1) is 0 Å². The Morgan fingerprint density at radius 2 is 2.07 bits per heavy atom. The highest BCUT2D eigenvalue weighted by Crippen LogP contribution is 2.41. The fourth-order valence-electron chi connectivity index (χ4n) is 2.08. The van der Waals surface area contributed by atoms with Gasteiger partial charge in [-0.3, -0.25) is 0 Å². The molecule has 3 N–H and O–H groups in total. The van der Waals surface area contributed by atoms with Crippen LogP contribution in [0, 0.1) is 5.92 Å². The van der Waals surface area contributed by atoms with Gasteiger partial charge in [-0.15, -0.1) is 0 Å². The van der Waals surface area contributed by atoms with Crippen molar-refractivity contribution < 1.29 is 0 Å². The molecule has 1 aliphatic carbocycles. The van der Waals surface area contributed by atoms with Crippen molar-refractivity contribution in [3.63, 3.8) is 0 Å². The fraction of sp³-hybridized carbons (Fsp3) is 0.333. The predicted octanol–water partition coefficient (Wildman–Crippen LogP) is 2.58. The van der Waals surface area contributed by atoms with Crippen molar-refractivity contribution in [2.75, 3.05) is 0 Å². The largest absolute Gasteiger partial charge is 0.361 e. The molecule has 0 bridgehead atoms. The van der Waals surface area contributed by atoms with E-state index in [4.69, 9.17) is 5.73 Å². The van der Waals surface area contributed by atoms with E-state index >= 15 is 0 Å². The zero-order valence-electron chi connectivity index (χ0n) is 8.03. The topological polar surface area (TPSA) is 41.8 Å². The van der Waals surface area contributed by atoms with E-state index in [9.17, 15) is 0 Å². The van der Waals surface area contributed by atoms with Gasteiger partial charge in [0.1, 0.15) is 0 Å². The quantitative estimate of drug-likeness (QED) is 0.743. The minimum Gasteiger partial charge on any atom is -0.361 e. The predicted molar refractivity (Wildman–Crippen MR) is 58.0 cm³/mol. The Morgan fingerprint density at radius 1 is 1.29 bits per heavy atom. The Hall–Kier alpha value is -1.28. The van der Waals surface area contributed by atoms with Crippen LogP contribution in [0.15, 0.2) is 30.5 Å². The van der Waals surface area contributed by atoms with Crippen molar-refractivity contribution in [2.24, 2.45) is 11.7 Å². The highest BCUT2D eigenvalue weighted by Gasteiger charge is 2.30. The number of benzene rings is 1. The first-order valence-corrected chi connectivity index (χ1v) is 5.18. The van der Waals surface area contributed by atoms with Crippen LogP contribution in [0.3, 0.4) is 0 Å². The molecule has 0 unspecified atom stereocenters. The Labute approximate surface area is 83.1 Å². The molecule has 0 spiro atoms. The normalized spacial score (nSPS) is 18.6. The van der Waals surface area contributed by atoms with Crippen LogP contribution in [0.4, 0.5) is 0 Å². The van der Waals surface area contributed by atoms with E-state index in [0.29, 0.717) is 5.92 Å². The summed E-state index contributed by atoms with van der Waals surface area (Å²) < 4.78 is 0. The van der Waals surface area contributed by atoms with Gasteiger partial charge < -0.3 is 10.7 Å². The van der Waals surface area contributed by atoms with Crippen molar-refractivity contribution in [2.45, 2.75) is 18.9 Å². The van der Waals surface area contributed by atoms with Gasteiger partial charge in [0.15, 0.2) is 0 Å². The minimum atomic E-state index is 0.228. The third-order valence-corrected chi connectivity index (χ3v) is 3.11. The number of aromatic nitrogens is 1. The first kappa shape index (κ1) is 8.06. The molecule has 1 atom stereocenters. The summed E-state index contributed by atoms with van der Waals surface area (Å²) in [5.74, 6) is 0.717. The van der Waals surface area contributed by atoms with Gasteiger partial charge >= 0.3 is 0 Å². The van der Waals surface area contributed by atoms with E-state index in [1.54, 1.807) is 0 Å². The molecule has 0 saturated heterocycles. The molecular formula is C12H14N2. The fourth-order valence-corrected chi connectivity index (χ4v) is 2.08. The second-order valence-corrected chi connectivity index (χ2v) is 4.15. The third-order valence-electron chi connectivity index (χ3n) is 3.11. The summed E-state index contributed by atoms with van der Waals surface area (Å²) in [5, 5.41) is 1.28. The SMILES string of the molecule is N[C@@H](c1c[nH]c2ccccc12)C1CC1. The van der Waals surface area contributed by atoms with Gasteiger partial charge in [0.25, 0.3) is 0 Å². The Bertz CT molecular complexity index is 454. The van der Waals surface area contributed by atoms with Crippen LogP contribution < -0.4 is 5.73 Å². The second-order valence-electron chi connectivity index (χ2n) is 4.15. The summed E-state index contributed by atoms with van der Waals surface area (Å²) in [6.07, 6.45) is 4.65. The van der Waals surface area contributed by atoms with Gasteiger partial charge in [-0.2, -0.15) is 0 Å². The summed E-state index contributed by atoms with van der Waals surface area (Å²) in [7, 11) is 0. The lowest BCUT2D eigenvalue weighted by atomic mass is 10.0. The molecule has 72 valence electrons. The van der Waals surface area contributed by atoms with E-state index < -0.39 is 0 Å². The lowest BCUT2D eigenvalue weighted by molar-refractivity contribution is 0.638. The maximum absolute atomic E-state index is 6.19. The zero-order chi connectivity index (χ0) is 9.54. The number of nitrogens with two attached hydrogens (primary N) is 1. The molecule has 1 aromatic heterocycles. The lowest BCUT2D eigenvalue weighted by Crippen LogP contribution is -2.11. The Balaban J connectivity index is 2.11. The maximum Gasteiger partial charge on any atom is 0.0457 e. The van der Waals surface area contributed by atoms with Crippen LogP contribution in [-0.4, -0.2) is 4.98 Å². The summed E-state index contributed by atoms with van der Waals surface area (Å²) in [5.41, 5.74) is 8.66. The number of nitrogens with one attached hydrogen (secondary N) is 1. The molecule has 1 aliphatic rings. The summed E-state index contributed by atoms with van der Waals surface area (Å²) >= 11 is 0. The highest BCUT2D eigenvalue weighted by molar-refractivity contribution is 5.83. The molecule has 0 aliphatic heterocycles. The molecule has 1 heterocycles. The van der Waals surface area contributed by atoms with Crippen molar-refractivity contribution >= 4 is 10.9 Å². The van der Waals surface area contributed by atoms with Gasteiger partial charge in [-0.25, -0.2) is 0 Å². The van der Waals surface area contributed by atoms with Crippen LogP contribution >= 0.6 is 0 Å². The number of hydrogen-bond acceptors (Lipinski definition) is 1. The van der Waals surface area contributed by atoms with Gasteiger partial charge in [0.2, 0.25) is 0 Å². The third kappa shape index (κ3) is 1.15. The van der Waals surface area contributed by atoms with Crippen molar-refractivity contribution in [1.82, 2.24) is 4.98 Å². The molecule has 2 aromatic rings. The standard InChI is InChI=1S/C12H14N2/c13-12(8-5-6-8)10-7-14-11-4-2-1-3-9(10)11/h1-4,7-8,12,14H,5-6,13H2/t12-/m1/s1. The second kappa shape index (κ2) is 2.85. The number of H-pyrrole nitrogens is 1. The Morgan fingerprint density at radius 3 is 2.86 bits per heavy atom. The summed E-state index contributed by atoms with van der Waals surface area (Å²) in [4.78, 5) is 3.27. The van der Waals surface area contributed by atoms with Crippen LogP contribution in [0.1, 0.15) is 24.4 Å². The number of aromatic amines is 1. The average molecular weight is 186 g/mol. The van der Waals surface area contributed by atoms with Gasteiger partial charge in [0, 0.05) is 23.1 Å². The molecule has 2 nitrogen and oxygen atoms in total. The molecule has 0 amide bonds. The van der Waals surface area contributed by atoms with E-state index in [0.717, 1.165) is 0 Å². The molecule has 3 rings (SSSR count). The average Bonchev–Trinajstić information content (AvgIpc) is 2.97. The van der Waals surface area contributed by atoms with Crippen LogP contribution in [0.2, 0.25) is 0 Å². The lowest BCUT2D eigenvalue weighted by Gasteiger charge is -2.08. The number of para-hydroxylation sites is 1. The maximum atomic E-state index is 6.19. The summed E-state index contributed by atoms with van der Waals surface area (Å²) in [6, 6.07) is 8.58. The number of fused-ring (bicyclic) bond motifs is 1. The van der Waals surface area contributed by atoms with E-state index in [1.165, 1.54) is 29.3 Å². The van der Waals surface area contributed by atoms with E-state index in [2.05, 4.69) is 29.4 Å². The molecule has 1 fully saturated rings. The monoisotopic (exact) mass is 186 g/mol. The molecule has 2 heteroatoms. The van der Waals surface area contributed by atoms with Crippen LogP contribution in [-0.2, 0) is 0 Å². The molecular weight excluding hydrogens is 172 g/mol. The first-order valence-electron chi connectivity index (χ1n) is 5.18. The minimum absolute atomic E-state index is 0.228. The molecule has 0 radical (unpaired) electrons. The van der Waals surface area contributed by atoms with E-state index in [1.807, 2.05) is 6.07 Å². The van der Waals surface area contributed by atoms with Crippen molar-refractivity contribution in [1.29, 1.82) is 0 Å². The molecule has 1 saturated carbocycles. The van der Waals surface area contributed by atoms with E-state index in [-0.39, 0.29) is 6.04 Å². The van der Waals surface area contributed by atoms with Crippen molar-refractivity contribution in [3.05, 3.63) is 36.0 Å². The number of rotatable bonds is 2. The highest BCUT2D eigenvalue weighted by atomic mass is 14.7. The van der Waals surface area contributed by atoms with Gasteiger partial charge in [-0.1, -0.05) is 18.2 Å².